The van der Waals surface area contributed by atoms with Crippen molar-refractivity contribution in [2.45, 2.75) is 13.5 Å². The molecule has 2 rings (SSSR count). The zero-order chi connectivity index (χ0) is 13.7. The van der Waals surface area contributed by atoms with Crippen molar-refractivity contribution in [1.29, 1.82) is 5.26 Å². The van der Waals surface area contributed by atoms with Crippen molar-refractivity contribution in [3.8, 4) is 6.19 Å². The molecule has 0 fully saturated rings. The normalized spacial score (nSPS) is 9.74. The molecule has 1 aromatic heterocycles. The molecule has 19 heavy (non-hydrogen) atoms. The van der Waals surface area contributed by atoms with E-state index in [1.165, 1.54) is 22.4 Å². The lowest BCUT2D eigenvalue weighted by Gasteiger charge is -2.11. The third-order valence-electron chi connectivity index (χ3n) is 2.87. The molecular formula is C14H15N5. The lowest BCUT2D eigenvalue weighted by molar-refractivity contribution is 1.04. The van der Waals surface area contributed by atoms with Crippen LogP contribution in [0.4, 0.5) is 11.6 Å². The molecule has 5 nitrogen and oxygen atoms in total. The van der Waals surface area contributed by atoms with Gasteiger partial charge < -0.3 is 5.32 Å². The average molecular weight is 253 g/mol. The molecule has 5 heteroatoms. The van der Waals surface area contributed by atoms with Gasteiger partial charge in [0.25, 0.3) is 0 Å². The van der Waals surface area contributed by atoms with Crippen LogP contribution in [0, 0.1) is 18.4 Å². The number of anilines is 2. The van der Waals surface area contributed by atoms with Gasteiger partial charge in [0.05, 0.1) is 0 Å². The van der Waals surface area contributed by atoms with Crippen molar-refractivity contribution in [2.24, 2.45) is 0 Å². The van der Waals surface area contributed by atoms with Gasteiger partial charge in [-0.05, 0) is 18.1 Å². The van der Waals surface area contributed by atoms with Crippen LogP contribution in [0.25, 0.3) is 0 Å². The van der Waals surface area contributed by atoms with Gasteiger partial charge in [0, 0.05) is 19.7 Å². The van der Waals surface area contributed by atoms with E-state index in [0.717, 1.165) is 0 Å². The number of nitrogens with zero attached hydrogens (tertiary/aromatic N) is 4. The first-order chi connectivity index (χ1) is 9.20. The van der Waals surface area contributed by atoms with Crippen molar-refractivity contribution in [1.82, 2.24) is 9.97 Å². The Morgan fingerprint density at radius 2 is 2.11 bits per heavy atom. The van der Waals surface area contributed by atoms with Crippen molar-refractivity contribution in [3.63, 3.8) is 0 Å². The molecule has 0 aliphatic heterocycles. The quantitative estimate of drug-likeness (QED) is 0.669. The van der Waals surface area contributed by atoms with E-state index in [1.54, 1.807) is 13.1 Å². The maximum atomic E-state index is 8.82. The summed E-state index contributed by atoms with van der Waals surface area (Å²) in [5.74, 6) is 1.28. The number of rotatable bonds is 4. The summed E-state index contributed by atoms with van der Waals surface area (Å²) >= 11 is 0. The number of hydrogen-bond acceptors (Lipinski definition) is 5. The standard InChI is InChI=1S/C14H15N5/c1-11-5-3-4-6-12(11)8-16-13-7-14(18-10-17-13)19(2)9-15/h3-7,10H,8H2,1-2H3,(H,16,17,18). The Hall–Kier alpha value is -2.61. The fourth-order valence-corrected chi connectivity index (χ4v) is 1.67. The van der Waals surface area contributed by atoms with Crippen LogP contribution in [0.3, 0.4) is 0 Å². The van der Waals surface area contributed by atoms with Gasteiger partial charge in [0.1, 0.15) is 18.0 Å². The Kier molecular flexibility index (Phi) is 3.94. The predicted octanol–water partition coefficient (Wildman–Crippen LogP) is 2.31. The summed E-state index contributed by atoms with van der Waals surface area (Å²) in [6.45, 7) is 2.77. The second-order valence-electron chi connectivity index (χ2n) is 4.20. The van der Waals surface area contributed by atoms with Gasteiger partial charge in [-0.2, -0.15) is 5.26 Å². The summed E-state index contributed by atoms with van der Waals surface area (Å²) in [4.78, 5) is 9.57. The maximum absolute atomic E-state index is 8.82. The molecule has 0 amide bonds. The van der Waals surface area contributed by atoms with E-state index in [4.69, 9.17) is 5.26 Å². The van der Waals surface area contributed by atoms with Crippen LogP contribution < -0.4 is 10.2 Å². The SMILES string of the molecule is Cc1ccccc1CNc1cc(N(C)C#N)ncn1. The molecule has 0 unspecified atom stereocenters. The van der Waals surface area contributed by atoms with E-state index >= 15 is 0 Å². The molecule has 0 aliphatic rings. The first kappa shape index (κ1) is 12.8. The number of nitrogens with one attached hydrogen (secondary N) is 1. The molecular weight excluding hydrogens is 238 g/mol. The molecule has 2 aromatic rings. The molecule has 1 heterocycles. The lowest BCUT2D eigenvalue weighted by Crippen LogP contribution is -2.11. The Balaban J connectivity index is 2.08. The second kappa shape index (κ2) is 5.83. The number of nitriles is 1. The molecule has 0 aliphatic carbocycles. The zero-order valence-corrected chi connectivity index (χ0v) is 11.0. The van der Waals surface area contributed by atoms with Crippen LogP contribution in [0.2, 0.25) is 0 Å². The van der Waals surface area contributed by atoms with Gasteiger partial charge in [-0.3, -0.25) is 4.90 Å². The largest absolute Gasteiger partial charge is 0.366 e. The molecule has 0 radical (unpaired) electrons. The molecule has 0 atom stereocenters. The van der Waals surface area contributed by atoms with Crippen LogP contribution in [0.5, 0.6) is 0 Å². The van der Waals surface area contributed by atoms with E-state index in [0.29, 0.717) is 18.2 Å². The third kappa shape index (κ3) is 3.19. The Bertz CT molecular complexity index is 603. The first-order valence-electron chi connectivity index (χ1n) is 5.94. The molecule has 0 saturated heterocycles. The summed E-state index contributed by atoms with van der Waals surface area (Å²) in [5.41, 5.74) is 2.45. The number of hydrogen-bond donors (Lipinski definition) is 1. The fourth-order valence-electron chi connectivity index (χ4n) is 1.67. The van der Waals surface area contributed by atoms with Crippen LogP contribution in [0.1, 0.15) is 11.1 Å². The van der Waals surface area contributed by atoms with Gasteiger partial charge >= 0.3 is 0 Å². The predicted molar refractivity (Wildman–Crippen MR) is 74.6 cm³/mol. The Morgan fingerprint density at radius 1 is 1.32 bits per heavy atom. The van der Waals surface area contributed by atoms with Crippen LogP contribution in [0.15, 0.2) is 36.7 Å². The van der Waals surface area contributed by atoms with E-state index in [1.807, 2.05) is 18.3 Å². The molecule has 1 N–H and O–H groups in total. The summed E-state index contributed by atoms with van der Waals surface area (Å²) in [6.07, 6.45) is 3.45. The average Bonchev–Trinajstić information content (AvgIpc) is 2.46. The van der Waals surface area contributed by atoms with Crippen molar-refractivity contribution in [2.75, 3.05) is 17.3 Å². The first-order valence-corrected chi connectivity index (χ1v) is 5.94. The number of aryl methyl sites for hydroxylation is 1. The second-order valence-corrected chi connectivity index (χ2v) is 4.20. The smallest absolute Gasteiger partial charge is 0.185 e. The van der Waals surface area contributed by atoms with Gasteiger partial charge in [-0.1, -0.05) is 24.3 Å². The highest BCUT2D eigenvalue weighted by Gasteiger charge is 2.03. The van der Waals surface area contributed by atoms with Crippen molar-refractivity contribution >= 4 is 11.6 Å². The Labute approximate surface area is 112 Å². The maximum Gasteiger partial charge on any atom is 0.185 e. The summed E-state index contributed by atoms with van der Waals surface area (Å²) in [7, 11) is 1.66. The van der Waals surface area contributed by atoms with E-state index in [9.17, 15) is 0 Å². The summed E-state index contributed by atoms with van der Waals surface area (Å²) in [6, 6.07) is 9.93. The van der Waals surface area contributed by atoms with Crippen molar-refractivity contribution < 1.29 is 0 Å². The van der Waals surface area contributed by atoms with Crippen LogP contribution >= 0.6 is 0 Å². The minimum atomic E-state index is 0.574. The molecule has 0 saturated carbocycles. The number of aromatic nitrogens is 2. The molecule has 0 spiro atoms. The highest BCUT2D eigenvalue weighted by molar-refractivity contribution is 5.50. The Morgan fingerprint density at radius 3 is 2.84 bits per heavy atom. The minimum absolute atomic E-state index is 0.574. The highest BCUT2D eigenvalue weighted by Crippen LogP contribution is 2.14. The molecule has 96 valence electrons. The highest BCUT2D eigenvalue weighted by atomic mass is 15.2. The minimum Gasteiger partial charge on any atom is -0.366 e. The molecule has 0 bridgehead atoms. The van der Waals surface area contributed by atoms with E-state index in [-0.39, 0.29) is 0 Å². The van der Waals surface area contributed by atoms with E-state index < -0.39 is 0 Å². The van der Waals surface area contributed by atoms with Gasteiger partial charge in [0.2, 0.25) is 0 Å². The van der Waals surface area contributed by atoms with Gasteiger partial charge in [0.15, 0.2) is 6.19 Å². The third-order valence-corrected chi connectivity index (χ3v) is 2.87. The van der Waals surface area contributed by atoms with Gasteiger partial charge in [-0.15, -0.1) is 0 Å². The van der Waals surface area contributed by atoms with Gasteiger partial charge in [-0.25, -0.2) is 9.97 Å². The van der Waals surface area contributed by atoms with E-state index in [2.05, 4.69) is 34.3 Å². The number of benzene rings is 1. The summed E-state index contributed by atoms with van der Waals surface area (Å²) in [5, 5.41) is 12.1. The summed E-state index contributed by atoms with van der Waals surface area (Å²) < 4.78 is 0. The topological polar surface area (TPSA) is 64.8 Å². The fraction of sp³-hybridized carbons (Fsp3) is 0.214. The van der Waals surface area contributed by atoms with Crippen molar-refractivity contribution in [3.05, 3.63) is 47.8 Å². The van der Waals surface area contributed by atoms with Crippen LogP contribution in [-0.4, -0.2) is 17.0 Å². The lowest BCUT2D eigenvalue weighted by atomic mass is 10.1. The van der Waals surface area contributed by atoms with Crippen LogP contribution in [-0.2, 0) is 6.54 Å². The molecule has 1 aromatic carbocycles. The zero-order valence-electron chi connectivity index (χ0n) is 11.0. The monoisotopic (exact) mass is 253 g/mol.